The lowest BCUT2D eigenvalue weighted by molar-refractivity contribution is -0.137. The molecule has 1 unspecified atom stereocenters. The summed E-state index contributed by atoms with van der Waals surface area (Å²) >= 11 is 0. The maximum atomic E-state index is 13.8. The summed E-state index contributed by atoms with van der Waals surface area (Å²) in [6.45, 7) is 1.89. The molecule has 0 amide bonds. The Balaban J connectivity index is 1.99. The minimum Gasteiger partial charge on any atom is -0.481 e. The first-order valence-corrected chi connectivity index (χ1v) is 6.93. The lowest BCUT2D eigenvalue weighted by Gasteiger charge is -2.11. The number of rotatable bonds is 5. The standard InChI is InChI=1S/C15H17FN2O2/c1-9(8-14(19)20)7-13-17-15-11(16)3-2-4-12(15)18(13)10-5-6-10/h2-4,9-10H,5-8H2,1H3,(H,19,20). The molecule has 4 nitrogen and oxygen atoms in total. The van der Waals surface area contributed by atoms with Crippen LogP contribution >= 0.6 is 0 Å². The number of aliphatic carboxylic acids is 1. The van der Waals surface area contributed by atoms with Gasteiger partial charge in [0.05, 0.1) is 5.52 Å². The molecule has 1 heterocycles. The average Bonchev–Trinajstić information content (AvgIpc) is 3.11. The Hall–Kier alpha value is -1.91. The van der Waals surface area contributed by atoms with E-state index in [1.54, 1.807) is 6.07 Å². The predicted molar refractivity (Wildman–Crippen MR) is 73.1 cm³/mol. The highest BCUT2D eigenvalue weighted by Crippen LogP contribution is 2.39. The van der Waals surface area contributed by atoms with Crippen molar-refractivity contribution in [3.8, 4) is 0 Å². The molecular weight excluding hydrogens is 259 g/mol. The lowest BCUT2D eigenvalue weighted by Crippen LogP contribution is -2.11. The van der Waals surface area contributed by atoms with Gasteiger partial charge in [-0.15, -0.1) is 0 Å². The number of aromatic nitrogens is 2. The molecule has 0 radical (unpaired) electrons. The minimum atomic E-state index is -0.808. The van der Waals surface area contributed by atoms with Gasteiger partial charge >= 0.3 is 5.97 Å². The van der Waals surface area contributed by atoms with Crippen LogP contribution in [-0.2, 0) is 11.2 Å². The van der Waals surface area contributed by atoms with Crippen LogP contribution in [0.15, 0.2) is 18.2 Å². The summed E-state index contributed by atoms with van der Waals surface area (Å²) in [5, 5.41) is 8.85. The third-order valence-corrected chi connectivity index (χ3v) is 3.71. The van der Waals surface area contributed by atoms with Crippen LogP contribution in [0.3, 0.4) is 0 Å². The predicted octanol–water partition coefficient (Wildman–Crippen LogP) is 3.16. The van der Waals surface area contributed by atoms with Crippen LogP contribution in [0.1, 0.15) is 38.1 Å². The van der Waals surface area contributed by atoms with Gasteiger partial charge < -0.3 is 9.67 Å². The van der Waals surface area contributed by atoms with Gasteiger partial charge in [-0.25, -0.2) is 9.37 Å². The van der Waals surface area contributed by atoms with Crippen molar-refractivity contribution in [2.24, 2.45) is 5.92 Å². The molecule has 2 aromatic rings. The van der Waals surface area contributed by atoms with Crippen LogP contribution < -0.4 is 0 Å². The number of hydrogen-bond donors (Lipinski definition) is 1. The van der Waals surface area contributed by atoms with Gasteiger partial charge in [-0.2, -0.15) is 0 Å². The second-order valence-corrected chi connectivity index (χ2v) is 5.64. The zero-order chi connectivity index (χ0) is 14.3. The third kappa shape index (κ3) is 2.40. The molecular formula is C15H17FN2O2. The van der Waals surface area contributed by atoms with E-state index in [9.17, 15) is 9.18 Å². The molecule has 1 atom stereocenters. The number of halogens is 1. The molecule has 1 fully saturated rings. The van der Waals surface area contributed by atoms with Gasteiger partial charge in [0.2, 0.25) is 0 Å². The molecule has 5 heteroatoms. The molecule has 3 rings (SSSR count). The van der Waals surface area contributed by atoms with Gasteiger partial charge in [-0.05, 0) is 30.9 Å². The summed E-state index contributed by atoms with van der Waals surface area (Å²) in [7, 11) is 0. The molecule has 106 valence electrons. The number of para-hydroxylation sites is 1. The molecule has 0 saturated heterocycles. The monoisotopic (exact) mass is 276 g/mol. The van der Waals surface area contributed by atoms with Gasteiger partial charge in [-0.3, -0.25) is 4.79 Å². The Labute approximate surface area is 116 Å². The van der Waals surface area contributed by atoms with Crippen LogP contribution in [0.5, 0.6) is 0 Å². The molecule has 0 aliphatic heterocycles. The van der Waals surface area contributed by atoms with Crippen molar-refractivity contribution >= 4 is 17.0 Å². The first-order valence-electron chi connectivity index (χ1n) is 6.93. The number of carboxylic acids is 1. The van der Waals surface area contributed by atoms with Crippen molar-refractivity contribution in [1.29, 1.82) is 0 Å². The summed E-state index contributed by atoms with van der Waals surface area (Å²) in [5.41, 5.74) is 1.22. The highest BCUT2D eigenvalue weighted by atomic mass is 19.1. The third-order valence-electron chi connectivity index (χ3n) is 3.71. The van der Waals surface area contributed by atoms with Crippen LogP contribution in [0.25, 0.3) is 11.0 Å². The van der Waals surface area contributed by atoms with Crippen LogP contribution in [0, 0.1) is 11.7 Å². The van der Waals surface area contributed by atoms with Gasteiger partial charge in [-0.1, -0.05) is 13.0 Å². The van der Waals surface area contributed by atoms with Crippen molar-refractivity contribution < 1.29 is 14.3 Å². The zero-order valence-electron chi connectivity index (χ0n) is 11.3. The fourth-order valence-electron chi connectivity index (χ4n) is 2.70. The van der Waals surface area contributed by atoms with E-state index in [1.807, 2.05) is 13.0 Å². The maximum Gasteiger partial charge on any atom is 0.303 e. The quantitative estimate of drug-likeness (QED) is 0.912. The van der Waals surface area contributed by atoms with Crippen LogP contribution in [0.4, 0.5) is 4.39 Å². The Morgan fingerprint density at radius 3 is 2.95 bits per heavy atom. The minimum absolute atomic E-state index is 0.00938. The summed E-state index contributed by atoms with van der Waals surface area (Å²) in [4.78, 5) is 15.2. The Bertz CT molecular complexity index is 661. The molecule has 0 spiro atoms. The van der Waals surface area contributed by atoms with Crippen molar-refractivity contribution in [3.63, 3.8) is 0 Å². The van der Waals surface area contributed by atoms with Gasteiger partial charge in [0.25, 0.3) is 0 Å². The largest absolute Gasteiger partial charge is 0.481 e. The number of nitrogens with zero attached hydrogens (tertiary/aromatic N) is 2. The molecule has 1 aromatic heterocycles. The van der Waals surface area contributed by atoms with Gasteiger partial charge in [0.1, 0.15) is 11.3 Å². The highest BCUT2D eigenvalue weighted by Gasteiger charge is 2.29. The van der Waals surface area contributed by atoms with Crippen molar-refractivity contribution in [2.75, 3.05) is 0 Å². The molecule has 1 N–H and O–H groups in total. The van der Waals surface area contributed by atoms with E-state index >= 15 is 0 Å². The Kier molecular flexibility index (Phi) is 3.20. The fraction of sp³-hybridized carbons (Fsp3) is 0.467. The summed E-state index contributed by atoms with van der Waals surface area (Å²) in [6, 6.07) is 5.39. The normalized spacial score (nSPS) is 16.5. The van der Waals surface area contributed by atoms with Gasteiger partial charge in [0, 0.05) is 18.9 Å². The first-order chi connectivity index (χ1) is 9.56. The van der Waals surface area contributed by atoms with Crippen molar-refractivity contribution in [1.82, 2.24) is 9.55 Å². The van der Waals surface area contributed by atoms with E-state index < -0.39 is 5.97 Å². The van der Waals surface area contributed by atoms with Crippen molar-refractivity contribution in [2.45, 2.75) is 38.6 Å². The number of benzene rings is 1. The number of carbonyl (C=O) groups is 1. The second kappa shape index (κ2) is 4.89. The van der Waals surface area contributed by atoms with Crippen LogP contribution in [-0.4, -0.2) is 20.6 Å². The topological polar surface area (TPSA) is 55.1 Å². The molecule has 0 bridgehead atoms. The van der Waals surface area contributed by atoms with E-state index in [0.29, 0.717) is 18.0 Å². The summed E-state index contributed by atoms with van der Waals surface area (Å²) < 4.78 is 15.9. The summed E-state index contributed by atoms with van der Waals surface area (Å²) in [6.07, 6.45) is 2.85. The molecule has 1 aromatic carbocycles. The first kappa shape index (κ1) is 13.1. The Morgan fingerprint density at radius 2 is 2.30 bits per heavy atom. The number of hydrogen-bond acceptors (Lipinski definition) is 2. The number of imidazole rings is 1. The number of fused-ring (bicyclic) bond motifs is 1. The zero-order valence-corrected chi connectivity index (χ0v) is 11.3. The Morgan fingerprint density at radius 1 is 1.55 bits per heavy atom. The van der Waals surface area contributed by atoms with Gasteiger partial charge in [0.15, 0.2) is 5.82 Å². The number of carboxylic acid groups (broad SMARTS) is 1. The second-order valence-electron chi connectivity index (χ2n) is 5.64. The molecule has 1 saturated carbocycles. The smallest absolute Gasteiger partial charge is 0.303 e. The molecule has 1 aliphatic rings. The maximum absolute atomic E-state index is 13.8. The lowest BCUT2D eigenvalue weighted by atomic mass is 10.0. The fourth-order valence-corrected chi connectivity index (χ4v) is 2.70. The SMILES string of the molecule is CC(CC(=O)O)Cc1nc2c(F)cccc2n1C1CC1. The summed E-state index contributed by atoms with van der Waals surface area (Å²) in [5.74, 6) is -0.321. The molecule has 1 aliphatic carbocycles. The van der Waals surface area contributed by atoms with E-state index in [-0.39, 0.29) is 18.2 Å². The van der Waals surface area contributed by atoms with E-state index in [2.05, 4.69) is 9.55 Å². The van der Waals surface area contributed by atoms with E-state index in [1.165, 1.54) is 6.07 Å². The van der Waals surface area contributed by atoms with Crippen LogP contribution in [0.2, 0.25) is 0 Å². The van der Waals surface area contributed by atoms with E-state index in [0.717, 1.165) is 24.2 Å². The van der Waals surface area contributed by atoms with Crippen molar-refractivity contribution in [3.05, 3.63) is 29.8 Å². The van der Waals surface area contributed by atoms with E-state index in [4.69, 9.17) is 5.11 Å². The average molecular weight is 276 g/mol. The molecule has 20 heavy (non-hydrogen) atoms. The highest BCUT2D eigenvalue weighted by molar-refractivity contribution is 5.77.